The van der Waals surface area contributed by atoms with Crippen LogP contribution < -0.4 is 5.32 Å². The van der Waals surface area contributed by atoms with Gasteiger partial charge in [0.15, 0.2) is 0 Å². The average Bonchev–Trinajstić information content (AvgIpc) is 2.39. The van der Waals surface area contributed by atoms with Crippen LogP contribution in [0.15, 0.2) is 30.3 Å². The Balaban J connectivity index is 1.54. The molecule has 5 nitrogen and oxygen atoms in total. The molecule has 0 unspecified atom stereocenters. The van der Waals surface area contributed by atoms with Gasteiger partial charge in [-0.2, -0.15) is 0 Å². The molecule has 1 aliphatic rings. The van der Waals surface area contributed by atoms with Gasteiger partial charge in [0, 0.05) is 12.5 Å². The van der Waals surface area contributed by atoms with E-state index in [1.54, 1.807) is 0 Å². The molecule has 0 saturated heterocycles. The highest BCUT2D eigenvalue weighted by Gasteiger charge is 2.34. The van der Waals surface area contributed by atoms with Crippen molar-refractivity contribution in [2.45, 2.75) is 31.9 Å². The van der Waals surface area contributed by atoms with Crippen molar-refractivity contribution in [3.8, 4) is 0 Å². The molecule has 1 fully saturated rings. The molecule has 108 valence electrons. The van der Waals surface area contributed by atoms with E-state index in [2.05, 4.69) is 5.32 Å². The third kappa shape index (κ3) is 4.35. The fraction of sp³-hybridized carbons (Fsp3) is 0.467. The van der Waals surface area contributed by atoms with Crippen LogP contribution in [0.2, 0.25) is 0 Å². The third-order valence-electron chi connectivity index (χ3n) is 3.44. The number of benzene rings is 1. The largest absolute Gasteiger partial charge is 0.481 e. The summed E-state index contributed by atoms with van der Waals surface area (Å²) in [5.74, 6) is -1.15. The van der Waals surface area contributed by atoms with E-state index < -0.39 is 5.97 Å². The topological polar surface area (TPSA) is 75.6 Å². The second kappa shape index (κ2) is 7.05. The second-order valence-corrected chi connectivity index (χ2v) is 5.06. The number of carboxylic acid groups (broad SMARTS) is 1. The van der Waals surface area contributed by atoms with Crippen molar-refractivity contribution in [2.75, 3.05) is 6.61 Å². The first-order valence-corrected chi connectivity index (χ1v) is 6.79. The fourth-order valence-corrected chi connectivity index (χ4v) is 2.17. The van der Waals surface area contributed by atoms with E-state index in [4.69, 9.17) is 9.84 Å². The van der Waals surface area contributed by atoms with Gasteiger partial charge in [-0.05, 0) is 18.4 Å². The summed E-state index contributed by atoms with van der Waals surface area (Å²) in [6.45, 7) is 0.869. The Morgan fingerprint density at radius 3 is 2.60 bits per heavy atom. The molecule has 1 aromatic carbocycles. The molecule has 0 bridgehead atoms. The monoisotopic (exact) mass is 277 g/mol. The number of carbonyl (C=O) groups excluding carboxylic acids is 1. The maximum Gasteiger partial charge on any atom is 0.306 e. The molecule has 2 N–H and O–H groups in total. The van der Waals surface area contributed by atoms with Gasteiger partial charge in [0.25, 0.3) is 0 Å². The molecule has 0 atom stereocenters. The first kappa shape index (κ1) is 14.5. The first-order chi connectivity index (χ1) is 9.65. The van der Waals surface area contributed by atoms with Crippen LogP contribution in [0.1, 0.15) is 24.8 Å². The van der Waals surface area contributed by atoms with Crippen LogP contribution in [0.4, 0.5) is 0 Å². The van der Waals surface area contributed by atoms with Gasteiger partial charge in [0.1, 0.15) is 0 Å². The van der Waals surface area contributed by atoms with Crippen molar-refractivity contribution in [1.82, 2.24) is 5.32 Å². The molecule has 1 aliphatic carbocycles. The number of hydrogen-bond donors (Lipinski definition) is 2. The van der Waals surface area contributed by atoms with Crippen molar-refractivity contribution in [3.63, 3.8) is 0 Å². The Bertz CT molecular complexity index is 454. The number of carboxylic acids is 1. The summed E-state index contributed by atoms with van der Waals surface area (Å²) >= 11 is 0. The summed E-state index contributed by atoms with van der Waals surface area (Å²) in [6.07, 6.45) is 1.37. The Kier molecular flexibility index (Phi) is 5.12. The Labute approximate surface area is 117 Å². The summed E-state index contributed by atoms with van der Waals surface area (Å²) in [7, 11) is 0. The van der Waals surface area contributed by atoms with E-state index in [0.29, 0.717) is 32.5 Å². The zero-order chi connectivity index (χ0) is 14.4. The van der Waals surface area contributed by atoms with Gasteiger partial charge >= 0.3 is 5.97 Å². The number of hydrogen-bond acceptors (Lipinski definition) is 3. The number of ether oxygens (including phenoxy) is 1. The normalized spacial score (nSPS) is 21.0. The summed E-state index contributed by atoms with van der Waals surface area (Å²) < 4.78 is 5.43. The molecule has 0 aliphatic heterocycles. The van der Waals surface area contributed by atoms with E-state index in [1.165, 1.54) is 0 Å². The lowest BCUT2D eigenvalue weighted by Gasteiger charge is -2.32. The molecule has 20 heavy (non-hydrogen) atoms. The Morgan fingerprint density at radius 2 is 1.95 bits per heavy atom. The predicted octanol–water partition coefficient (Wildman–Crippen LogP) is 1.57. The molecule has 2 rings (SSSR count). The minimum Gasteiger partial charge on any atom is -0.481 e. The van der Waals surface area contributed by atoms with Crippen LogP contribution in [0, 0.1) is 5.92 Å². The van der Waals surface area contributed by atoms with Crippen LogP contribution in [-0.4, -0.2) is 29.6 Å². The highest BCUT2D eigenvalue weighted by molar-refractivity contribution is 5.77. The zero-order valence-electron chi connectivity index (χ0n) is 11.2. The standard InChI is InChI=1S/C15H19NO4/c17-14(16-13-8-12(9-13)15(18)19)6-7-20-10-11-4-2-1-3-5-11/h1-5,12-13H,6-10H2,(H,16,17)(H,18,19). The van der Waals surface area contributed by atoms with Crippen molar-refractivity contribution >= 4 is 11.9 Å². The van der Waals surface area contributed by atoms with Crippen molar-refractivity contribution in [2.24, 2.45) is 5.92 Å². The smallest absolute Gasteiger partial charge is 0.306 e. The lowest BCUT2D eigenvalue weighted by Crippen LogP contribution is -2.46. The van der Waals surface area contributed by atoms with Gasteiger partial charge in [-0.15, -0.1) is 0 Å². The number of aliphatic carboxylic acids is 1. The maximum absolute atomic E-state index is 11.6. The molecule has 0 heterocycles. The van der Waals surface area contributed by atoms with Crippen molar-refractivity contribution in [1.29, 1.82) is 0 Å². The molecule has 1 amide bonds. The highest BCUT2D eigenvalue weighted by atomic mass is 16.5. The number of amides is 1. The summed E-state index contributed by atoms with van der Waals surface area (Å²) in [6, 6.07) is 9.79. The Morgan fingerprint density at radius 1 is 1.25 bits per heavy atom. The van der Waals surface area contributed by atoms with Gasteiger partial charge in [-0.3, -0.25) is 9.59 Å². The van der Waals surface area contributed by atoms with Crippen LogP contribution in [0.5, 0.6) is 0 Å². The fourth-order valence-electron chi connectivity index (χ4n) is 2.17. The van der Waals surface area contributed by atoms with Crippen LogP contribution in [-0.2, 0) is 20.9 Å². The van der Waals surface area contributed by atoms with E-state index in [1.807, 2.05) is 30.3 Å². The quantitative estimate of drug-likeness (QED) is 0.742. The average molecular weight is 277 g/mol. The minimum absolute atomic E-state index is 0.0118. The number of carbonyl (C=O) groups is 2. The maximum atomic E-state index is 11.6. The van der Waals surface area contributed by atoms with Crippen LogP contribution >= 0.6 is 0 Å². The first-order valence-electron chi connectivity index (χ1n) is 6.79. The zero-order valence-corrected chi connectivity index (χ0v) is 11.2. The van der Waals surface area contributed by atoms with E-state index >= 15 is 0 Å². The lowest BCUT2D eigenvalue weighted by molar-refractivity contribution is -0.146. The van der Waals surface area contributed by atoms with E-state index in [0.717, 1.165) is 5.56 Å². The SMILES string of the molecule is O=C(CCOCc1ccccc1)NC1CC(C(=O)O)C1. The predicted molar refractivity (Wildman–Crippen MR) is 73.0 cm³/mol. The third-order valence-corrected chi connectivity index (χ3v) is 3.44. The molecule has 5 heteroatoms. The van der Waals surface area contributed by atoms with Gasteiger partial charge in [0.2, 0.25) is 5.91 Å². The molecular formula is C15H19NO4. The van der Waals surface area contributed by atoms with Gasteiger partial charge in [-0.25, -0.2) is 0 Å². The van der Waals surface area contributed by atoms with E-state index in [9.17, 15) is 9.59 Å². The van der Waals surface area contributed by atoms with Crippen molar-refractivity contribution < 1.29 is 19.4 Å². The van der Waals surface area contributed by atoms with Gasteiger partial charge < -0.3 is 15.2 Å². The molecule has 0 spiro atoms. The minimum atomic E-state index is -0.776. The number of rotatable bonds is 7. The molecular weight excluding hydrogens is 258 g/mol. The molecule has 0 aromatic heterocycles. The summed E-state index contributed by atoms with van der Waals surface area (Å²) in [4.78, 5) is 22.2. The van der Waals surface area contributed by atoms with Gasteiger partial charge in [-0.1, -0.05) is 30.3 Å². The lowest BCUT2D eigenvalue weighted by atomic mass is 9.80. The Hall–Kier alpha value is -1.88. The van der Waals surface area contributed by atoms with Crippen LogP contribution in [0.25, 0.3) is 0 Å². The summed E-state index contributed by atoms with van der Waals surface area (Å²) in [5.41, 5.74) is 1.08. The second-order valence-electron chi connectivity index (χ2n) is 5.06. The van der Waals surface area contributed by atoms with Crippen LogP contribution in [0.3, 0.4) is 0 Å². The van der Waals surface area contributed by atoms with Gasteiger partial charge in [0.05, 0.1) is 19.1 Å². The molecule has 0 radical (unpaired) electrons. The van der Waals surface area contributed by atoms with E-state index in [-0.39, 0.29) is 17.9 Å². The van der Waals surface area contributed by atoms with Crippen molar-refractivity contribution in [3.05, 3.63) is 35.9 Å². The molecule has 1 aromatic rings. The molecule has 1 saturated carbocycles. The number of nitrogens with one attached hydrogen (secondary N) is 1. The summed E-state index contributed by atoms with van der Waals surface area (Å²) in [5, 5.41) is 11.6. The highest BCUT2D eigenvalue weighted by Crippen LogP contribution is 2.27.